The number of nitrogen functional groups attached to an aromatic ring is 1. The number of aryl methyl sites for hydroxylation is 1. The van der Waals surface area contributed by atoms with E-state index in [9.17, 15) is 4.79 Å². The van der Waals surface area contributed by atoms with E-state index in [4.69, 9.17) is 10.5 Å². The average molecular weight is 306 g/mol. The molecule has 23 heavy (non-hydrogen) atoms. The molecular formula is C19H18N2O2. The summed E-state index contributed by atoms with van der Waals surface area (Å²) in [7, 11) is 1.94. The van der Waals surface area contributed by atoms with Crippen LogP contribution in [-0.2, 0) is 7.05 Å². The molecule has 116 valence electrons. The highest BCUT2D eigenvalue weighted by Gasteiger charge is 2.24. The van der Waals surface area contributed by atoms with Crippen LogP contribution in [0.4, 0.5) is 5.69 Å². The predicted octanol–water partition coefficient (Wildman–Crippen LogP) is 3.46. The van der Waals surface area contributed by atoms with Gasteiger partial charge < -0.3 is 15.0 Å². The second-order valence-electron chi connectivity index (χ2n) is 6.54. The Bertz CT molecular complexity index is 1060. The molecule has 4 heteroatoms. The zero-order valence-electron chi connectivity index (χ0n) is 13.4. The largest absolute Gasteiger partial charge is 0.483 e. The van der Waals surface area contributed by atoms with E-state index in [1.165, 1.54) is 0 Å². The van der Waals surface area contributed by atoms with Crippen LogP contribution in [0.5, 0.6) is 5.75 Å². The summed E-state index contributed by atoms with van der Waals surface area (Å²) >= 11 is 0. The quantitative estimate of drug-likeness (QED) is 0.511. The monoisotopic (exact) mass is 306 g/mol. The Hall–Kier alpha value is -2.75. The van der Waals surface area contributed by atoms with Gasteiger partial charge in [0.15, 0.2) is 5.43 Å². The number of rotatable bonds is 0. The summed E-state index contributed by atoms with van der Waals surface area (Å²) in [6.07, 6.45) is 4.05. The third-order valence-electron chi connectivity index (χ3n) is 4.43. The number of benzene rings is 2. The molecule has 4 rings (SSSR count). The number of aromatic nitrogens is 1. The van der Waals surface area contributed by atoms with Crippen molar-refractivity contribution in [3.05, 3.63) is 52.2 Å². The standard InChI is InChI=1S/C19H18N2O2/c1-19(2)10-9-11-15(23-19)8-7-13-16(11)21(3)17-12(18(13)22)5-4-6-14(17)20/h4-10H,20H2,1-3H3. The molecule has 0 radical (unpaired) electrons. The topological polar surface area (TPSA) is 57.2 Å². The van der Waals surface area contributed by atoms with Crippen molar-refractivity contribution in [3.63, 3.8) is 0 Å². The maximum atomic E-state index is 12.9. The van der Waals surface area contributed by atoms with Crippen LogP contribution < -0.4 is 15.9 Å². The van der Waals surface area contributed by atoms with E-state index in [2.05, 4.69) is 0 Å². The van der Waals surface area contributed by atoms with Crippen LogP contribution in [0.3, 0.4) is 0 Å². The van der Waals surface area contributed by atoms with Crippen LogP contribution >= 0.6 is 0 Å². The van der Waals surface area contributed by atoms with E-state index in [0.717, 1.165) is 22.3 Å². The van der Waals surface area contributed by atoms with Crippen molar-refractivity contribution in [3.8, 4) is 5.75 Å². The van der Waals surface area contributed by atoms with Gasteiger partial charge in [0, 0.05) is 23.4 Å². The number of nitrogens with two attached hydrogens (primary N) is 1. The fourth-order valence-electron chi connectivity index (χ4n) is 3.36. The van der Waals surface area contributed by atoms with E-state index in [0.29, 0.717) is 16.5 Å². The first-order valence-corrected chi connectivity index (χ1v) is 7.61. The average Bonchev–Trinajstić information content (AvgIpc) is 2.50. The molecule has 0 aliphatic carbocycles. The molecule has 2 N–H and O–H groups in total. The van der Waals surface area contributed by atoms with Gasteiger partial charge >= 0.3 is 0 Å². The van der Waals surface area contributed by atoms with E-state index < -0.39 is 0 Å². The Labute approximate surface area is 133 Å². The number of nitrogens with zero attached hydrogens (tertiary/aromatic N) is 1. The van der Waals surface area contributed by atoms with Gasteiger partial charge in [0.1, 0.15) is 11.4 Å². The number of ether oxygens (including phenoxy) is 1. The van der Waals surface area contributed by atoms with Crippen LogP contribution in [0, 0.1) is 0 Å². The van der Waals surface area contributed by atoms with Gasteiger partial charge in [-0.2, -0.15) is 0 Å². The number of hydrogen-bond acceptors (Lipinski definition) is 3. The van der Waals surface area contributed by atoms with Gasteiger partial charge in [0.25, 0.3) is 0 Å². The third kappa shape index (κ3) is 1.88. The lowest BCUT2D eigenvalue weighted by atomic mass is 9.98. The molecule has 4 nitrogen and oxygen atoms in total. The summed E-state index contributed by atoms with van der Waals surface area (Å²) in [6, 6.07) is 9.17. The zero-order chi connectivity index (χ0) is 16.4. The number of fused-ring (bicyclic) bond motifs is 4. The molecule has 1 aliphatic rings. The summed E-state index contributed by atoms with van der Waals surface area (Å²) in [5, 5.41) is 1.32. The molecule has 0 atom stereocenters. The number of pyridine rings is 1. The first-order valence-electron chi connectivity index (χ1n) is 7.61. The highest BCUT2D eigenvalue weighted by atomic mass is 16.5. The molecular weight excluding hydrogens is 288 g/mol. The molecule has 1 aliphatic heterocycles. The Morgan fingerprint density at radius 2 is 1.83 bits per heavy atom. The number of anilines is 1. The molecule has 1 aromatic heterocycles. The Morgan fingerprint density at radius 3 is 2.61 bits per heavy atom. The number of para-hydroxylation sites is 1. The minimum absolute atomic E-state index is 0.00133. The van der Waals surface area contributed by atoms with Crippen LogP contribution in [0.15, 0.2) is 41.2 Å². The van der Waals surface area contributed by atoms with Crippen molar-refractivity contribution in [1.29, 1.82) is 0 Å². The van der Waals surface area contributed by atoms with Crippen LogP contribution in [0.2, 0.25) is 0 Å². The van der Waals surface area contributed by atoms with Crippen molar-refractivity contribution < 1.29 is 4.74 Å². The van der Waals surface area contributed by atoms with E-state index >= 15 is 0 Å². The summed E-state index contributed by atoms with van der Waals surface area (Å²) in [5.41, 5.74) is 8.91. The van der Waals surface area contributed by atoms with E-state index in [1.54, 1.807) is 0 Å². The predicted molar refractivity (Wildman–Crippen MR) is 94.8 cm³/mol. The SMILES string of the molecule is Cn1c2c(N)cccc2c(=O)c2ccc3c(c21)C=CC(C)(C)O3. The lowest BCUT2D eigenvalue weighted by Crippen LogP contribution is -2.28. The molecule has 0 unspecified atom stereocenters. The summed E-state index contributed by atoms with van der Waals surface area (Å²) in [6.45, 7) is 4.02. The first-order chi connectivity index (χ1) is 10.9. The molecule has 0 spiro atoms. The maximum Gasteiger partial charge on any atom is 0.197 e. The minimum atomic E-state index is -0.352. The van der Waals surface area contributed by atoms with Gasteiger partial charge in [-0.3, -0.25) is 4.79 Å². The molecule has 3 aromatic rings. The Balaban J connectivity index is 2.23. The van der Waals surface area contributed by atoms with E-state index in [1.807, 2.05) is 67.9 Å². The maximum absolute atomic E-state index is 12.9. The molecule has 0 saturated carbocycles. The van der Waals surface area contributed by atoms with Crippen molar-refractivity contribution in [2.75, 3.05) is 5.73 Å². The molecule has 0 saturated heterocycles. The van der Waals surface area contributed by atoms with Crippen LogP contribution in [0.1, 0.15) is 19.4 Å². The summed E-state index contributed by atoms with van der Waals surface area (Å²) in [4.78, 5) is 12.9. The molecule has 0 amide bonds. The Kier molecular flexibility index (Phi) is 2.64. The zero-order valence-corrected chi connectivity index (χ0v) is 13.4. The molecule has 0 bridgehead atoms. The van der Waals surface area contributed by atoms with Gasteiger partial charge in [0.2, 0.25) is 0 Å². The fourth-order valence-corrected chi connectivity index (χ4v) is 3.36. The summed E-state index contributed by atoms with van der Waals surface area (Å²) < 4.78 is 8.02. The van der Waals surface area contributed by atoms with Gasteiger partial charge in [-0.25, -0.2) is 0 Å². The lowest BCUT2D eigenvalue weighted by molar-refractivity contribution is 0.159. The van der Waals surface area contributed by atoms with Gasteiger partial charge in [-0.05, 0) is 50.3 Å². The minimum Gasteiger partial charge on any atom is -0.483 e. The molecule has 2 aromatic carbocycles. The normalized spacial score (nSPS) is 15.6. The van der Waals surface area contributed by atoms with E-state index in [-0.39, 0.29) is 11.0 Å². The summed E-state index contributed by atoms with van der Waals surface area (Å²) in [5.74, 6) is 0.786. The smallest absolute Gasteiger partial charge is 0.197 e. The highest BCUT2D eigenvalue weighted by Crippen LogP contribution is 2.36. The van der Waals surface area contributed by atoms with Crippen LogP contribution in [-0.4, -0.2) is 10.2 Å². The molecule has 0 fully saturated rings. The van der Waals surface area contributed by atoms with Gasteiger partial charge in [-0.15, -0.1) is 0 Å². The highest BCUT2D eigenvalue weighted by molar-refractivity contribution is 6.02. The lowest BCUT2D eigenvalue weighted by Gasteiger charge is -2.29. The van der Waals surface area contributed by atoms with Gasteiger partial charge in [-0.1, -0.05) is 6.07 Å². The van der Waals surface area contributed by atoms with Crippen molar-refractivity contribution in [2.24, 2.45) is 7.05 Å². The third-order valence-corrected chi connectivity index (χ3v) is 4.43. The first kappa shape index (κ1) is 13.9. The molecule has 2 heterocycles. The number of hydrogen-bond donors (Lipinski definition) is 1. The second kappa shape index (κ2) is 4.38. The van der Waals surface area contributed by atoms with Gasteiger partial charge in [0.05, 0.1) is 16.7 Å². The Morgan fingerprint density at radius 1 is 1.09 bits per heavy atom. The fraction of sp³-hybridized carbons (Fsp3) is 0.211. The van der Waals surface area contributed by atoms with Crippen molar-refractivity contribution in [1.82, 2.24) is 4.57 Å². The van der Waals surface area contributed by atoms with Crippen molar-refractivity contribution >= 4 is 33.6 Å². The van der Waals surface area contributed by atoms with Crippen LogP contribution in [0.25, 0.3) is 27.9 Å². The second-order valence-corrected chi connectivity index (χ2v) is 6.54. The van der Waals surface area contributed by atoms with Crippen molar-refractivity contribution in [2.45, 2.75) is 19.4 Å².